The average molecular weight is 567 g/mol. The highest BCUT2D eigenvalue weighted by molar-refractivity contribution is 14.1. The molecule has 0 aliphatic carbocycles. The van der Waals surface area contributed by atoms with E-state index in [0.29, 0.717) is 26.9 Å². The van der Waals surface area contributed by atoms with Crippen LogP contribution in [0.3, 0.4) is 0 Å². The third-order valence-corrected chi connectivity index (χ3v) is 6.45. The van der Waals surface area contributed by atoms with Crippen LogP contribution in [-0.2, 0) is 4.79 Å². The van der Waals surface area contributed by atoms with Gasteiger partial charge in [-0.15, -0.1) is 0 Å². The second-order valence-corrected chi connectivity index (χ2v) is 9.34. The molecule has 0 saturated heterocycles. The fraction of sp³-hybridized carbons (Fsp3) is 0.130. The van der Waals surface area contributed by atoms with Gasteiger partial charge in [0, 0.05) is 19.2 Å². The van der Waals surface area contributed by atoms with E-state index in [2.05, 4.69) is 27.9 Å². The number of halogens is 3. The Morgan fingerprint density at radius 3 is 2.35 bits per heavy atom. The summed E-state index contributed by atoms with van der Waals surface area (Å²) in [5, 5.41) is 14.3. The summed E-state index contributed by atoms with van der Waals surface area (Å²) < 4.78 is 0.867. The molecule has 3 aromatic rings. The van der Waals surface area contributed by atoms with Crippen molar-refractivity contribution in [2.24, 2.45) is 0 Å². The third-order valence-electron chi connectivity index (χ3n) is 5.29. The van der Waals surface area contributed by atoms with Crippen LogP contribution in [0.1, 0.15) is 40.5 Å². The van der Waals surface area contributed by atoms with Crippen molar-refractivity contribution in [1.82, 2.24) is 4.90 Å². The van der Waals surface area contributed by atoms with Crippen molar-refractivity contribution in [2.75, 3.05) is 5.32 Å². The van der Waals surface area contributed by atoms with Crippen LogP contribution in [0.2, 0.25) is 10.0 Å². The van der Waals surface area contributed by atoms with Gasteiger partial charge in [-0.05, 0) is 77.5 Å². The molecule has 2 amide bonds. The standard InChI is InChI=1S/C23H17Cl2IN2O3/c1-12(13-2-4-14(24)5-3-13)28-21(17-8-6-15(25)10-20(17)29)22(30)27-19-9-7-16(26)11-18(19)23(28)31/h2-12,21,29H,1H3,(H,27,30)/t12-,21+/m1/s1. The highest BCUT2D eigenvalue weighted by atomic mass is 127. The van der Waals surface area contributed by atoms with Crippen LogP contribution in [0.25, 0.3) is 0 Å². The largest absolute Gasteiger partial charge is 0.508 e. The van der Waals surface area contributed by atoms with Gasteiger partial charge in [-0.3, -0.25) is 9.59 Å². The first-order valence-electron chi connectivity index (χ1n) is 9.43. The lowest BCUT2D eigenvalue weighted by Crippen LogP contribution is -2.40. The summed E-state index contributed by atoms with van der Waals surface area (Å²) in [4.78, 5) is 28.6. The van der Waals surface area contributed by atoms with Gasteiger partial charge in [-0.2, -0.15) is 0 Å². The zero-order valence-corrected chi connectivity index (χ0v) is 19.9. The first-order valence-corrected chi connectivity index (χ1v) is 11.3. The van der Waals surface area contributed by atoms with Crippen LogP contribution in [0.4, 0.5) is 5.69 Å². The van der Waals surface area contributed by atoms with E-state index in [9.17, 15) is 14.7 Å². The Labute approximate surface area is 203 Å². The Morgan fingerprint density at radius 1 is 1.00 bits per heavy atom. The third kappa shape index (κ3) is 4.24. The van der Waals surface area contributed by atoms with Crippen molar-refractivity contribution in [3.63, 3.8) is 0 Å². The molecule has 0 fully saturated rings. The number of anilines is 1. The van der Waals surface area contributed by atoms with Crippen LogP contribution in [-0.4, -0.2) is 21.8 Å². The van der Waals surface area contributed by atoms with E-state index in [1.54, 1.807) is 36.4 Å². The van der Waals surface area contributed by atoms with Gasteiger partial charge in [0.15, 0.2) is 0 Å². The number of amides is 2. The fourth-order valence-corrected chi connectivity index (χ4v) is 4.51. The lowest BCUT2D eigenvalue weighted by molar-refractivity contribution is -0.121. The molecule has 5 nitrogen and oxygen atoms in total. The van der Waals surface area contributed by atoms with Crippen LogP contribution < -0.4 is 5.32 Å². The summed E-state index contributed by atoms with van der Waals surface area (Å²) in [5.74, 6) is -0.908. The minimum Gasteiger partial charge on any atom is -0.508 e. The number of nitrogens with one attached hydrogen (secondary N) is 1. The quantitative estimate of drug-likeness (QED) is 0.371. The van der Waals surface area contributed by atoms with Crippen LogP contribution >= 0.6 is 45.8 Å². The number of hydrogen-bond donors (Lipinski definition) is 2. The van der Waals surface area contributed by atoms with E-state index in [0.717, 1.165) is 9.13 Å². The van der Waals surface area contributed by atoms with Gasteiger partial charge < -0.3 is 15.3 Å². The molecule has 0 saturated carbocycles. The predicted octanol–water partition coefficient (Wildman–Crippen LogP) is 6.20. The maximum Gasteiger partial charge on any atom is 0.257 e. The molecule has 8 heteroatoms. The molecular weight excluding hydrogens is 550 g/mol. The predicted molar refractivity (Wildman–Crippen MR) is 130 cm³/mol. The van der Waals surface area contributed by atoms with Crippen molar-refractivity contribution in [3.05, 3.63) is 91.0 Å². The molecule has 2 atom stereocenters. The number of rotatable bonds is 3. The number of carbonyl (C=O) groups is 2. The summed E-state index contributed by atoms with van der Waals surface area (Å²) in [6.45, 7) is 1.84. The fourth-order valence-electron chi connectivity index (χ4n) is 3.73. The Kier molecular flexibility index (Phi) is 6.14. The van der Waals surface area contributed by atoms with Crippen LogP contribution in [0.15, 0.2) is 60.7 Å². The monoisotopic (exact) mass is 566 g/mol. The van der Waals surface area contributed by atoms with Gasteiger partial charge in [0.25, 0.3) is 11.8 Å². The summed E-state index contributed by atoms with van der Waals surface area (Å²) in [7, 11) is 0. The van der Waals surface area contributed by atoms with Crippen LogP contribution in [0.5, 0.6) is 5.75 Å². The molecule has 3 aromatic carbocycles. The number of nitrogens with zero attached hydrogens (tertiary/aromatic N) is 1. The van der Waals surface area contributed by atoms with Crippen molar-refractivity contribution in [3.8, 4) is 5.75 Å². The Balaban J connectivity index is 1.91. The van der Waals surface area contributed by atoms with E-state index in [4.69, 9.17) is 23.2 Å². The molecule has 4 rings (SSSR count). The minimum atomic E-state index is -1.07. The van der Waals surface area contributed by atoms with E-state index < -0.39 is 18.0 Å². The molecule has 0 aromatic heterocycles. The summed E-state index contributed by atoms with van der Waals surface area (Å²) in [6.07, 6.45) is 0. The second kappa shape index (κ2) is 8.68. The average Bonchev–Trinajstić information content (AvgIpc) is 2.83. The number of fused-ring (bicyclic) bond motifs is 1. The molecule has 0 unspecified atom stereocenters. The second-order valence-electron chi connectivity index (χ2n) is 7.22. The first kappa shape index (κ1) is 21.9. The molecule has 1 aliphatic heterocycles. The molecule has 1 aliphatic rings. The van der Waals surface area contributed by atoms with Crippen molar-refractivity contribution >= 4 is 63.3 Å². The lowest BCUT2D eigenvalue weighted by atomic mass is 9.98. The maximum atomic E-state index is 13.8. The molecule has 31 heavy (non-hydrogen) atoms. The van der Waals surface area contributed by atoms with Gasteiger partial charge in [0.1, 0.15) is 11.8 Å². The number of benzene rings is 3. The molecule has 2 N–H and O–H groups in total. The minimum absolute atomic E-state index is 0.158. The van der Waals surface area contributed by atoms with Crippen LogP contribution in [0, 0.1) is 3.57 Å². The van der Waals surface area contributed by atoms with Gasteiger partial charge in [0.05, 0.1) is 17.3 Å². The van der Waals surface area contributed by atoms with Crippen molar-refractivity contribution in [1.29, 1.82) is 0 Å². The lowest BCUT2D eigenvalue weighted by Gasteiger charge is -2.35. The van der Waals surface area contributed by atoms with Crippen molar-refractivity contribution < 1.29 is 14.7 Å². The first-order chi connectivity index (χ1) is 14.8. The normalized spacial score (nSPS) is 17.0. The number of carbonyl (C=O) groups excluding carboxylic acids is 2. The van der Waals surface area contributed by atoms with Gasteiger partial charge >= 0.3 is 0 Å². The van der Waals surface area contributed by atoms with E-state index in [1.807, 2.05) is 25.1 Å². The highest BCUT2D eigenvalue weighted by Gasteiger charge is 2.40. The zero-order chi connectivity index (χ0) is 22.3. The maximum absolute atomic E-state index is 13.8. The van der Waals surface area contributed by atoms with E-state index in [-0.39, 0.29) is 11.7 Å². The number of aromatic hydroxyl groups is 1. The van der Waals surface area contributed by atoms with Gasteiger partial charge in [0.2, 0.25) is 0 Å². The van der Waals surface area contributed by atoms with Crippen molar-refractivity contribution in [2.45, 2.75) is 19.0 Å². The SMILES string of the molecule is C[C@H](c1ccc(Cl)cc1)N1C(=O)c2cc(I)ccc2NC(=O)[C@@H]1c1ccc(Cl)cc1O. The molecule has 0 spiro atoms. The van der Waals surface area contributed by atoms with Gasteiger partial charge in [-0.25, -0.2) is 0 Å². The van der Waals surface area contributed by atoms with Gasteiger partial charge in [-0.1, -0.05) is 41.4 Å². The molecule has 158 valence electrons. The Hall–Kier alpha value is -2.29. The summed E-state index contributed by atoms with van der Waals surface area (Å²) in [6, 6.07) is 15.3. The molecule has 0 bridgehead atoms. The van der Waals surface area contributed by atoms with E-state index in [1.165, 1.54) is 11.0 Å². The smallest absolute Gasteiger partial charge is 0.257 e. The number of hydrogen-bond acceptors (Lipinski definition) is 3. The summed E-state index contributed by atoms with van der Waals surface area (Å²) >= 11 is 14.2. The molecule has 1 heterocycles. The number of phenolic OH excluding ortho intramolecular Hbond substituents is 1. The summed E-state index contributed by atoms with van der Waals surface area (Å²) in [5.41, 5.74) is 1.91. The molecule has 0 radical (unpaired) electrons. The zero-order valence-electron chi connectivity index (χ0n) is 16.3. The Morgan fingerprint density at radius 2 is 1.68 bits per heavy atom. The molecular formula is C23H17Cl2IN2O3. The Bertz CT molecular complexity index is 1180. The highest BCUT2D eigenvalue weighted by Crippen LogP contribution is 2.40. The topological polar surface area (TPSA) is 69.6 Å². The number of phenols is 1. The van der Waals surface area contributed by atoms with E-state index >= 15 is 0 Å².